The van der Waals surface area contributed by atoms with E-state index in [0.717, 1.165) is 6.54 Å². The number of benzene rings is 1. The summed E-state index contributed by atoms with van der Waals surface area (Å²) in [5, 5.41) is 13.9. The van der Waals surface area contributed by atoms with Crippen molar-refractivity contribution >= 4 is 17.3 Å². The van der Waals surface area contributed by atoms with Gasteiger partial charge in [0.15, 0.2) is 0 Å². The Bertz CT molecular complexity index is 502. The van der Waals surface area contributed by atoms with Crippen molar-refractivity contribution in [3.05, 3.63) is 33.9 Å². The minimum atomic E-state index is -0.609. The van der Waals surface area contributed by atoms with E-state index in [1.165, 1.54) is 18.2 Å². The molecule has 0 saturated carbocycles. The highest BCUT2D eigenvalue weighted by Crippen LogP contribution is 2.25. The van der Waals surface area contributed by atoms with E-state index in [9.17, 15) is 14.9 Å². The average Bonchev–Trinajstić information content (AvgIpc) is 2.37. The number of amides is 1. The van der Waals surface area contributed by atoms with Crippen molar-refractivity contribution in [1.29, 1.82) is 0 Å². The van der Waals surface area contributed by atoms with E-state index < -0.39 is 10.8 Å². The summed E-state index contributed by atoms with van der Waals surface area (Å²) < 4.78 is 0. The molecule has 0 saturated heterocycles. The summed E-state index contributed by atoms with van der Waals surface area (Å²) in [6.07, 6.45) is 0. The van der Waals surface area contributed by atoms with E-state index in [1.54, 1.807) is 0 Å². The van der Waals surface area contributed by atoms with Crippen LogP contribution in [0.3, 0.4) is 0 Å². The molecule has 0 fully saturated rings. The average molecular weight is 280 g/mol. The summed E-state index contributed by atoms with van der Waals surface area (Å²) in [5.41, 5.74) is 5.67. The molecule has 1 aromatic carbocycles. The number of nitrogens with zero attached hydrogens (tertiary/aromatic N) is 2. The molecule has 0 heterocycles. The first kappa shape index (κ1) is 15.9. The quantitative estimate of drug-likeness (QED) is 0.581. The second-order valence-corrected chi connectivity index (χ2v) is 4.85. The number of nitro benzene ring substituents is 1. The molecule has 0 aliphatic rings. The fraction of sp³-hybridized carbons (Fsp3) is 0.462. The number of likely N-dealkylation sites (N-methyl/N-ethyl adjacent to an activating group) is 1. The Labute approximate surface area is 117 Å². The molecular weight excluding hydrogens is 260 g/mol. The van der Waals surface area contributed by atoms with Crippen molar-refractivity contribution in [2.24, 2.45) is 5.73 Å². The Morgan fingerprint density at radius 3 is 2.65 bits per heavy atom. The zero-order valence-electron chi connectivity index (χ0n) is 11.9. The summed E-state index contributed by atoms with van der Waals surface area (Å²) >= 11 is 0. The SMILES string of the molecule is CC(C)N(C)CCNc1cc(C(N)=O)ccc1[N+](=O)[O-]. The van der Waals surface area contributed by atoms with E-state index >= 15 is 0 Å². The largest absolute Gasteiger partial charge is 0.378 e. The number of hydrogen-bond donors (Lipinski definition) is 2. The Morgan fingerprint density at radius 1 is 1.50 bits per heavy atom. The van der Waals surface area contributed by atoms with E-state index in [-0.39, 0.29) is 11.3 Å². The molecule has 0 radical (unpaired) electrons. The van der Waals surface area contributed by atoms with Gasteiger partial charge in [-0.05, 0) is 33.0 Å². The topological polar surface area (TPSA) is 102 Å². The van der Waals surface area contributed by atoms with E-state index in [4.69, 9.17) is 5.73 Å². The van der Waals surface area contributed by atoms with Crippen molar-refractivity contribution in [2.75, 3.05) is 25.5 Å². The van der Waals surface area contributed by atoms with E-state index in [1.807, 2.05) is 7.05 Å². The van der Waals surface area contributed by atoms with Gasteiger partial charge in [-0.25, -0.2) is 0 Å². The molecular formula is C13H20N4O3. The Morgan fingerprint density at radius 2 is 2.15 bits per heavy atom. The molecule has 7 heteroatoms. The fourth-order valence-electron chi connectivity index (χ4n) is 1.62. The molecule has 0 unspecified atom stereocenters. The Hall–Kier alpha value is -2.15. The Balaban J connectivity index is 2.83. The van der Waals surface area contributed by atoms with Crippen molar-refractivity contribution in [3.63, 3.8) is 0 Å². The summed E-state index contributed by atoms with van der Waals surface area (Å²) in [6, 6.07) is 4.44. The number of nitro groups is 1. The maximum absolute atomic E-state index is 11.1. The third-order valence-corrected chi connectivity index (χ3v) is 3.14. The van der Waals surface area contributed by atoms with Crippen LogP contribution in [0, 0.1) is 10.1 Å². The third kappa shape index (κ3) is 4.20. The fourth-order valence-corrected chi connectivity index (χ4v) is 1.62. The summed E-state index contributed by atoms with van der Waals surface area (Å²) in [4.78, 5) is 23.7. The van der Waals surface area contributed by atoms with Gasteiger partial charge < -0.3 is 16.0 Å². The molecule has 0 bridgehead atoms. The number of anilines is 1. The molecule has 1 rings (SSSR count). The van der Waals surface area contributed by atoms with Crippen LogP contribution in [0.2, 0.25) is 0 Å². The minimum Gasteiger partial charge on any atom is -0.378 e. The van der Waals surface area contributed by atoms with Crippen molar-refractivity contribution in [3.8, 4) is 0 Å². The predicted molar refractivity (Wildman–Crippen MR) is 77.9 cm³/mol. The van der Waals surface area contributed by atoms with E-state index in [2.05, 4.69) is 24.1 Å². The van der Waals surface area contributed by atoms with Crippen LogP contribution in [0.25, 0.3) is 0 Å². The van der Waals surface area contributed by atoms with Gasteiger partial charge in [0, 0.05) is 30.8 Å². The van der Waals surface area contributed by atoms with Gasteiger partial charge in [-0.15, -0.1) is 0 Å². The van der Waals surface area contributed by atoms with Crippen LogP contribution >= 0.6 is 0 Å². The number of rotatable bonds is 7. The maximum Gasteiger partial charge on any atom is 0.292 e. The summed E-state index contributed by atoms with van der Waals surface area (Å²) in [6.45, 7) is 5.40. The number of hydrogen-bond acceptors (Lipinski definition) is 5. The van der Waals surface area contributed by atoms with Gasteiger partial charge in [0.25, 0.3) is 5.69 Å². The normalized spacial score (nSPS) is 10.8. The molecule has 0 atom stereocenters. The van der Waals surface area contributed by atoms with E-state index in [0.29, 0.717) is 18.3 Å². The second-order valence-electron chi connectivity index (χ2n) is 4.85. The van der Waals surface area contributed by atoms with Gasteiger partial charge in [-0.3, -0.25) is 14.9 Å². The van der Waals surface area contributed by atoms with Crippen LogP contribution in [-0.4, -0.2) is 41.9 Å². The number of carbonyl (C=O) groups is 1. The van der Waals surface area contributed by atoms with Crippen LogP contribution < -0.4 is 11.1 Å². The van der Waals surface area contributed by atoms with Crippen molar-refractivity contribution in [2.45, 2.75) is 19.9 Å². The summed E-state index contributed by atoms with van der Waals surface area (Å²) in [7, 11) is 1.97. The van der Waals surface area contributed by atoms with Gasteiger partial charge in [0.05, 0.1) is 4.92 Å². The molecule has 7 nitrogen and oxygen atoms in total. The van der Waals surface area contributed by atoms with Crippen molar-refractivity contribution < 1.29 is 9.72 Å². The molecule has 3 N–H and O–H groups in total. The maximum atomic E-state index is 11.1. The lowest BCUT2D eigenvalue weighted by atomic mass is 10.1. The van der Waals surface area contributed by atoms with Crippen molar-refractivity contribution in [1.82, 2.24) is 4.90 Å². The second kappa shape index (κ2) is 6.85. The molecule has 1 aromatic rings. The number of nitrogens with one attached hydrogen (secondary N) is 1. The first-order chi connectivity index (χ1) is 9.32. The number of primary amides is 1. The first-order valence-electron chi connectivity index (χ1n) is 6.35. The first-order valence-corrected chi connectivity index (χ1v) is 6.35. The monoisotopic (exact) mass is 280 g/mol. The minimum absolute atomic E-state index is 0.0674. The van der Waals surface area contributed by atoms with Gasteiger partial charge >= 0.3 is 0 Å². The van der Waals surface area contributed by atoms with Crippen LogP contribution in [0.15, 0.2) is 18.2 Å². The van der Waals surface area contributed by atoms with Gasteiger partial charge in [-0.2, -0.15) is 0 Å². The molecule has 20 heavy (non-hydrogen) atoms. The molecule has 0 aliphatic heterocycles. The highest BCUT2D eigenvalue weighted by molar-refractivity contribution is 5.94. The van der Waals surface area contributed by atoms with Gasteiger partial charge in [0.2, 0.25) is 5.91 Å². The smallest absolute Gasteiger partial charge is 0.292 e. The number of nitrogens with two attached hydrogens (primary N) is 1. The summed E-state index contributed by atoms with van der Waals surface area (Å²) in [5.74, 6) is -0.609. The highest BCUT2D eigenvalue weighted by Gasteiger charge is 2.15. The van der Waals surface area contributed by atoms with Crippen LogP contribution in [-0.2, 0) is 0 Å². The lowest BCUT2D eigenvalue weighted by Crippen LogP contribution is -2.31. The lowest BCUT2D eigenvalue weighted by molar-refractivity contribution is -0.384. The number of carbonyl (C=O) groups excluding carboxylic acids is 1. The van der Waals surface area contributed by atoms with Gasteiger partial charge in [0.1, 0.15) is 5.69 Å². The van der Waals surface area contributed by atoms with Crippen LogP contribution in [0.5, 0.6) is 0 Å². The zero-order chi connectivity index (χ0) is 15.3. The molecule has 0 aliphatic carbocycles. The standard InChI is InChI=1S/C13H20N4O3/c1-9(2)16(3)7-6-15-11-8-10(13(14)18)4-5-12(11)17(19)20/h4-5,8-9,15H,6-7H2,1-3H3,(H2,14,18). The van der Waals surface area contributed by atoms with Crippen LogP contribution in [0.4, 0.5) is 11.4 Å². The molecule has 0 spiro atoms. The van der Waals surface area contributed by atoms with Gasteiger partial charge in [-0.1, -0.05) is 0 Å². The third-order valence-electron chi connectivity index (χ3n) is 3.14. The highest BCUT2D eigenvalue weighted by atomic mass is 16.6. The predicted octanol–water partition coefficient (Wildman–Crippen LogP) is 1.45. The zero-order valence-corrected chi connectivity index (χ0v) is 11.9. The van der Waals surface area contributed by atoms with Crippen LogP contribution in [0.1, 0.15) is 24.2 Å². The Kier molecular flexibility index (Phi) is 5.45. The molecule has 110 valence electrons. The molecule has 1 amide bonds. The lowest BCUT2D eigenvalue weighted by Gasteiger charge is -2.21. The molecule has 0 aromatic heterocycles.